The van der Waals surface area contributed by atoms with Crippen molar-refractivity contribution < 1.29 is 13.2 Å². The summed E-state index contributed by atoms with van der Waals surface area (Å²) in [5, 5.41) is 5.78. The SMILES string of the molecule is CCC(CC)[C@H](CNC(=O)N[C@@H]1CCS(=O)(=O)C1)N1CCCC1. The molecule has 2 rings (SSSR count). The number of hydrogen-bond donors (Lipinski definition) is 2. The predicted octanol–water partition coefficient (Wildman–Crippen LogP) is 1.37. The molecule has 0 aromatic carbocycles. The lowest BCUT2D eigenvalue weighted by molar-refractivity contribution is 0.161. The Morgan fingerprint density at radius 2 is 1.87 bits per heavy atom. The predicted molar refractivity (Wildman–Crippen MR) is 92.3 cm³/mol. The Morgan fingerprint density at radius 3 is 2.39 bits per heavy atom. The lowest BCUT2D eigenvalue weighted by Crippen LogP contribution is -2.50. The molecule has 0 spiro atoms. The summed E-state index contributed by atoms with van der Waals surface area (Å²) in [7, 11) is -2.96. The largest absolute Gasteiger partial charge is 0.337 e. The van der Waals surface area contributed by atoms with Gasteiger partial charge in [0.15, 0.2) is 9.84 Å². The van der Waals surface area contributed by atoms with Gasteiger partial charge in [0.25, 0.3) is 0 Å². The van der Waals surface area contributed by atoms with Crippen molar-refractivity contribution in [3.63, 3.8) is 0 Å². The zero-order valence-electron chi connectivity index (χ0n) is 14.4. The summed E-state index contributed by atoms with van der Waals surface area (Å²) in [6.45, 7) is 7.29. The second-order valence-electron chi connectivity index (χ2n) is 6.84. The summed E-state index contributed by atoms with van der Waals surface area (Å²) in [6.07, 6.45) is 5.23. The summed E-state index contributed by atoms with van der Waals surface area (Å²) in [5.74, 6) is 0.838. The zero-order valence-corrected chi connectivity index (χ0v) is 15.2. The molecular weight excluding hydrogens is 314 g/mol. The molecule has 134 valence electrons. The summed E-state index contributed by atoms with van der Waals surface area (Å²) in [6, 6.07) is -0.0915. The van der Waals surface area contributed by atoms with Gasteiger partial charge in [-0.2, -0.15) is 0 Å². The average molecular weight is 346 g/mol. The molecule has 6 nitrogen and oxygen atoms in total. The van der Waals surface area contributed by atoms with Crippen LogP contribution in [0.1, 0.15) is 46.0 Å². The van der Waals surface area contributed by atoms with Crippen LogP contribution in [0.15, 0.2) is 0 Å². The van der Waals surface area contributed by atoms with Crippen molar-refractivity contribution in [1.82, 2.24) is 15.5 Å². The van der Waals surface area contributed by atoms with Crippen LogP contribution in [0, 0.1) is 5.92 Å². The maximum atomic E-state index is 12.1. The Labute approximate surface area is 140 Å². The van der Waals surface area contributed by atoms with Gasteiger partial charge in [0.05, 0.1) is 11.5 Å². The van der Waals surface area contributed by atoms with Gasteiger partial charge < -0.3 is 10.6 Å². The molecule has 0 radical (unpaired) electrons. The number of urea groups is 1. The van der Waals surface area contributed by atoms with Crippen LogP contribution in [0.4, 0.5) is 4.79 Å². The van der Waals surface area contributed by atoms with Crippen LogP contribution < -0.4 is 10.6 Å². The number of nitrogens with one attached hydrogen (secondary N) is 2. The molecule has 0 bridgehead atoms. The third-order valence-electron chi connectivity index (χ3n) is 5.24. The minimum atomic E-state index is -2.96. The van der Waals surface area contributed by atoms with E-state index in [4.69, 9.17) is 0 Å². The molecule has 0 aromatic heterocycles. The molecule has 7 heteroatoms. The number of amides is 2. The molecule has 2 aliphatic rings. The van der Waals surface area contributed by atoms with Crippen molar-refractivity contribution >= 4 is 15.9 Å². The number of nitrogens with zero attached hydrogens (tertiary/aromatic N) is 1. The molecule has 0 saturated carbocycles. The quantitative estimate of drug-likeness (QED) is 0.730. The molecule has 0 aromatic rings. The van der Waals surface area contributed by atoms with E-state index in [2.05, 4.69) is 29.4 Å². The first kappa shape index (κ1) is 18.5. The van der Waals surface area contributed by atoms with Gasteiger partial charge in [-0.1, -0.05) is 26.7 Å². The smallest absolute Gasteiger partial charge is 0.315 e. The maximum absolute atomic E-state index is 12.1. The first-order valence-corrected chi connectivity index (χ1v) is 10.8. The van der Waals surface area contributed by atoms with Gasteiger partial charge in [0.1, 0.15) is 0 Å². The Hall–Kier alpha value is -0.820. The number of carbonyl (C=O) groups excluding carboxylic acids is 1. The third kappa shape index (κ3) is 5.35. The summed E-state index contributed by atoms with van der Waals surface area (Å²) in [4.78, 5) is 14.6. The van der Waals surface area contributed by atoms with Gasteiger partial charge in [0, 0.05) is 18.6 Å². The molecule has 2 atom stereocenters. The van der Waals surface area contributed by atoms with Crippen molar-refractivity contribution in [3.8, 4) is 0 Å². The Bertz CT molecular complexity index is 483. The van der Waals surface area contributed by atoms with E-state index in [9.17, 15) is 13.2 Å². The summed E-state index contributed by atoms with van der Waals surface area (Å²) < 4.78 is 22.9. The van der Waals surface area contributed by atoms with E-state index in [1.165, 1.54) is 12.8 Å². The number of rotatable bonds is 7. The average Bonchev–Trinajstić information content (AvgIpc) is 3.13. The van der Waals surface area contributed by atoms with E-state index >= 15 is 0 Å². The second-order valence-corrected chi connectivity index (χ2v) is 9.07. The molecule has 2 N–H and O–H groups in total. The first-order valence-electron chi connectivity index (χ1n) is 8.94. The van der Waals surface area contributed by atoms with Crippen LogP contribution in [-0.4, -0.2) is 62.6 Å². The molecule has 2 amide bonds. The Balaban J connectivity index is 1.83. The van der Waals surface area contributed by atoms with E-state index in [1.54, 1.807) is 0 Å². The Kier molecular flexibility index (Phi) is 6.71. The molecule has 2 fully saturated rings. The first-order chi connectivity index (χ1) is 10.9. The fourth-order valence-corrected chi connectivity index (χ4v) is 5.52. The fraction of sp³-hybridized carbons (Fsp3) is 0.938. The third-order valence-corrected chi connectivity index (χ3v) is 7.01. The van der Waals surface area contributed by atoms with Crippen LogP contribution >= 0.6 is 0 Å². The van der Waals surface area contributed by atoms with Crippen molar-refractivity contribution in [2.45, 2.75) is 58.0 Å². The van der Waals surface area contributed by atoms with Gasteiger partial charge in [-0.3, -0.25) is 4.90 Å². The summed E-state index contributed by atoms with van der Waals surface area (Å²) in [5.41, 5.74) is 0. The monoisotopic (exact) mass is 345 g/mol. The van der Waals surface area contributed by atoms with E-state index in [1.807, 2.05) is 0 Å². The highest BCUT2D eigenvalue weighted by atomic mass is 32.2. The van der Waals surface area contributed by atoms with E-state index < -0.39 is 9.84 Å². The van der Waals surface area contributed by atoms with E-state index in [0.717, 1.165) is 25.9 Å². The molecular formula is C16H31N3O3S. The highest BCUT2D eigenvalue weighted by molar-refractivity contribution is 7.91. The van der Waals surface area contributed by atoms with E-state index in [0.29, 0.717) is 24.9 Å². The zero-order chi connectivity index (χ0) is 16.9. The minimum absolute atomic E-state index is 0.0719. The lowest BCUT2D eigenvalue weighted by Gasteiger charge is -2.34. The van der Waals surface area contributed by atoms with Crippen LogP contribution in [0.2, 0.25) is 0 Å². The number of sulfone groups is 1. The maximum Gasteiger partial charge on any atom is 0.315 e. The number of hydrogen-bond acceptors (Lipinski definition) is 4. The standard InChI is InChI=1S/C16H31N3O3S/c1-3-13(4-2)15(19-8-5-6-9-19)11-17-16(20)18-14-7-10-23(21,22)12-14/h13-15H,3-12H2,1-2H3,(H2,17,18,20)/t14-,15+/m1/s1. The van der Waals surface area contributed by atoms with Crippen LogP contribution in [0.3, 0.4) is 0 Å². The molecule has 2 aliphatic heterocycles. The van der Waals surface area contributed by atoms with Crippen LogP contribution in [0.5, 0.6) is 0 Å². The molecule has 2 heterocycles. The van der Waals surface area contributed by atoms with Gasteiger partial charge >= 0.3 is 6.03 Å². The number of likely N-dealkylation sites (tertiary alicyclic amines) is 1. The van der Waals surface area contributed by atoms with Gasteiger partial charge in [-0.25, -0.2) is 13.2 Å². The molecule has 0 aliphatic carbocycles. The minimum Gasteiger partial charge on any atom is -0.337 e. The van der Waals surface area contributed by atoms with Gasteiger partial charge in [-0.15, -0.1) is 0 Å². The van der Waals surface area contributed by atoms with Crippen LogP contribution in [-0.2, 0) is 9.84 Å². The lowest BCUT2D eigenvalue weighted by atomic mass is 9.93. The normalized spacial score (nSPS) is 25.6. The summed E-state index contributed by atoms with van der Waals surface area (Å²) >= 11 is 0. The van der Waals surface area contributed by atoms with E-state index in [-0.39, 0.29) is 23.6 Å². The van der Waals surface area contributed by atoms with Crippen molar-refractivity contribution in [2.24, 2.45) is 5.92 Å². The van der Waals surface area contributed by atoms with Crippen molar-refractivity contribution in [2.75, 3.05) is 31.1 Å². The van der Waals surface area contributed by atoms with Crippen molar-refractivity contribution in [3.05, 3.63) is 0 Å². The fourth-order valence-electron chi connectivity index (χ4n) is 3.84. The van der Waals surface area contributed by atoms with Gasteiger partial charge in [-0.05, 0) is 38.3 Å². The molecule has 23 heavy (non-hydrogen) atoms. The Morgan fingerprint density at radius 1 is 1.22 bits per heavy atom. The van der Waals surface area contributed by atoms with Crippen molar-refractivity contribution in [1.29, 1.82) is 0 Å². The second kappa shape index (κ2) is 8.33. The highest BCUT2D eigenvalue weighted by Crippen LogP contribution is 2.22. The highest BCUT2D eigenvalue weighted by Gasteiger charge is 2.30. The number of carbonyl (C=O) groups is 1. The molecule has 2 saturated heterocycles. The van der Waals surface area contributed by atoms with Crippen LogP contribution in [0.25, 0.3) is 0 Å². The van der Waals surface area contributed by atoms with Gasteiger partial charge in [0.2, 0.25) is 0 Å². The molecule has 0 unspecified atom stereocenters. The topological polar surface area (TPSA) is 78.5 Å².